The molecule has 1 atom stereocenters. The molecule has 0 aromatic heterocycles. The van der Waals surface area contributed by atoms with Gasteiger partial charge in [-0.3, -0.25) is 0 Å². The lowest BCUT2D eigenvalue weighted by molar-refractivity contribution is 0.415. The quantitative estimate of drug-likeness (QED) is 0.843. The molecule has 0 radical (unpaired) electrons. The Hall–Kier alpha value is -1.85. The van der Waals surface area contributed by atoms with E-state index in [4.69, 9.17) is 4.74 Å². The zero-order chi connectivity index (χ0) is 13.8. The third kappa shape index (κ3) is 2.77. The van der Waals surface area contributed by atoms with Gasteiger partial charge in [-0.2, -0.15) is 0 Å². The largest absolute Gasteiger partial charge is 0.497 e. The van der Waals surface area contributed by atoms with E-state index in [1.165, 1.54) is 0 Å². The Morgan fingerprint density at radius 2 is 1.89 bits per heavy atom. The van der Waals surface area contributed by atoms with E-state index >= 15 is 0 Å². The van der Waals surface area contributed by atoms with Crippen LogP contribution < -0.4 is 10.1 Å². The first-order valence-corrected chi connectivity index (χ1v) is 6.84. The molecule has 4 nitrogen and oxygen atoms in total. The van der Waals surface area contributed by atoms with Crippen LogP contribution in [-0.4, -0.2) is 22.9 Å². The number of benzene rings is 2. The molecule has 0 spiro atoms. The maximum atomic E-state index is 11.4. The molecule has 2 aromatic rings. The van der Waals surface area contributed by atoms with E-state index in [2.05, 4.69) is 5.32 Å². The normalized spacial score (nSPS) is 11.9. The van der Waals surface area contributed by atoms with Gasteiger partial charge in [0, 0.05) is 23.9 Å². The first-order chi connectivity index (χ1) is 9.17. The molecule has 0 fully saturated rings. The summed E-state index contributed by atoms with van der Waals surface area (Å²) in [6.45, 7) is 0. The first-order valence-electron chi connectivity index (χ1n) is 5.73. The first kappa shape index (κ1) is 13.6. The highest BCUT2D eigenvalue weighted by Crippen LogP contribution is 2.34. The van der Waals surface area contributed by atoms with E-state index in [1.54, 1.807) is 19.2 Å². The van der Waals surface area contributed by atoms with Crippen LogP contribution in [0.15, 0.2) is 47.4 Å². The Bertz CT molecular complexity index is 613. The van der Waals surface area contributed by atoms with Gasteiger partial charge >= 0.3 is 0 Å². The highest BCUT2D eigenvalue weighted by molar-refractivity contribution is 7.79. The highest BCUT2D eigenvalue weighted by atomic mass is 32.2. The molecule has 0 bridgehead atoms. The summed E-state index contributed by atoms with van der Waals surface area (Å²) in [7, 11) is 3.40. The van der Waals surface area contributed by atoms with E-state index < -0.39 is 11.1 Å². The number of rotatable bonds is 4. The Morgan fingerprint density at radius 1 is 1.16 bits per heavy atom. The summed E-state index contributed by atoms with van der Waals surface area (Å²) in [5.41, 5.74) is 2.42. The van der Waals surface area contributed by atoms with Crippen LogP contribution in [0.1, 0.15) is 0 Å². The van der Waals surface area contributed by atoms with E-state index in [1.807, 2.05) is 37.4 Å². The minimum Gasteiger partial charge on any atom is -0.497 e. The predicted octanol–water partition coefficient (Wildman–Crippen LogP) is 2.98. The fraction of sp³-hybridized carbons (Fsp3) is 0.143. The molecule has 19 heavy (non-hydrogen) atoms. The average molecular weight is 277 g/mol. The number of nitrogens with one attached hydrogen (secondary N) is 1. The van der Waals surface area contributed by atoms with E-state index in [0.717, 1.165) is 11.3 Å². The number of ether oxygens (including phenoxy) is 1. The van der Waals surface area contributed by atoms with Crippen molar-refractivity contribution >= 4 is 16.8 Å². The van der Waals surface area contributed by atoms with Crippen LogP contribution in [0.2, 0.25) is 0 Å². The van der Waals surface area contributed by atoms with E-state index in [9.17, 15) is 8.76 Å². The summed E-state index contributed by atoms with van der Waals surface area (Å²) in [6.07, 6.45) is 0. The molecule has 5 heteroatoms. The van der Waals surface area contributed by atoms with Crippen molar-refractivity contribution in [1.82, 2.24) is 0 Å². The number of methoxy groups -OCH3 is 1. The van der Waals surface area contributed by atoms with Gasteiger partial charge in [-0.25, -0.2) is 4.21 Å². The maximum Gasteiger partial charge on any atom is 0.187 e. The van der Waals surface area contributed by atoms with Crippen molar-refractivity contribution in [3.8, 4) is 16.9 Å². The minimum absolute atomic E-state index is 0.382. The van der Waals surface area contributed by atoms with Crippen molar-refractivity contribution < 1.29 is 13.5 Å². The van der Waals surface area contributed by atoms with Crippen molar-refractivity contribution in [3.63, 3.8) is 0 Å². The molecule has 2 aromatic carbocycles. The van der Waals surface area contributed by atoms with Gasteiger partial charge in [-0.15, -0.1) is 0 Å². The second kappa shape index (κ2) is 5.86. The number of hydrogen-bond donors (Lipinski definition) is 2. The SMILES string of the molecule is CNc1ccc(OC)cc1-c1ccccc1S(=O)O. The van der Waals surface area contributed by atoms with Gasteiger partial charge in [-0.05, 0) is 24.3 Å². The molecular formula is C14H15NO3S. The van der Waals surface area contributed by atoms with Crippen molar-refractivity contribution in [2.24, 2.45) is 0 Å². The van der Waals surface area contributed by atoms with Gasteiger partial charge in [0.25, 0.3) is 0 Å². The van der Waals surface area contributed by atoms with Crippen LogP contribution in [0.5, 0.6) is 5.75 Å². The second-order valence-electron chi connectivity index (χ2n) is 3.91. The lowest BCUT2D eigenvalue weighted by atomic mass is 10.0. The fourth-order valence-electron chi connectivity index (χ4n) is 1.93. The molecule has 2 N–H and O–H groups in total. The van der Waals surface area contributed by atoms with Crippen molar-refractivity contribution in [2.45, 2.75) is 4.90 Å². The van der Waals surface area contributed by atoms with Crippen LogP contribution >= 0.6 is 0 Å². The highest BCUT2D eigenvalue weighted by Gasteiger charge is 2.13. The van der Waals surface area contributed by atoms with Crippen molar-refractivity contribution in [1.29, 1.82) is 0 Å². The third-order valence-electron chi connectivity index (χ3n) is 2.86. The molecule has 0 aliphatic rings. The molecule has 0 aliphatic carbocycles. The zero-order valence-electron chi connectivity index (χ0n) is 10.7. The van der Waals surface area contributed by atoms with Crippen LogP contribution in [0.25, 0.3) is 11.1 Å². The molecular weight excluding hydrogens is 262 g/mol. The standard InChI is InChI=1S/C14H15NO3S/c1-15-13-8-7-10(18-2)9-12(13)11-5-3-4-6-14(11)19(16)17/h3-9,15H,1-2H3,(H,16,17). The average Bonchev–Trinajstić information content (AvgIpc) is 2.46. The predicted molar refractivity (Wildman–Crippen MR) is 77.0 cm³/mol. The van der Waals surface area contributed by atoms with E-state index in [-0.39, 0.29) is 0 Å². The third-order valence-corrected chi connectivity index (χ3v) is 3.59. The monoisotopic (exact) mass is 277 g/mol. The molecule has 0 amide bonds. The smallest absolute Gasteiger partial charge is 0.187 e. The summed E-state index contributed by atoms with van der Waals surface area (Å²) in [6, 6.07) is 12.6. The summed E-state index contributed by atoms with van der Waals surface area (Å²) < 4.78 is 26.0. The van der Waals surface area contributed by atoms with Crippen LogP contribution in [0.4, 0.5) is 5.69 Å². The summed E-state index contributed by atoms with van der Waals surface area (Å²) in [5, 5.41) is 3.08. The Labute approximate surface area is 114 Å². The van der Waals surface area contributed by atoms with Crippen LogP contribution in [0.3, 0.4) is 0 Å². The van der Waals surface area contributed by atoms with Gasteiger partial charge < -0.3 is 14.6 Å². The molecule has 2 rings (SSSR count). The molecule has 0 aliphatic heterocycles. The summed E-state index contributed by atoms with van der Waals surface area (Å²) in [5.74, 6) is 0.701. The molecule has 0 saturated heterocycles. The van der Waals surface area contributed by atoms with Crippen molar-refractivity contribution in [3.05, 3.63) is 42.5 Å². The number of anilines is 1. The van der Waals surface area contributed by atoms with Gasteiger partial charge in [0.05, 0.1) is 12.0 Å². The van der Waals surface area contributed by atoms with Crippen LogP contribution in [0, 0.1) is 0 Å². The lowest BCUT2D eigenvalue weighted by Gasteiger charge is -2.13. The van der Waals surface area contributed by atoms with Gasteiger partial charge in [-0.1, -0.05) is 18.2 Å². The van der Waals surface area contributed by atoms with Gasteiger partial charge in [0.1, 0.15) is 5.75 Å². The Morgan fingerprint density at radius 3 is 2.53 bits per heavy atom. The minimum atomic E-state index is -2.03. The summed E-state index contributed by atoms with van der Waals surface area (Å²) >= 11 is -2.03. The van der Waals surface area contributed by atoms with Gasteiger partial charge in [0.2, 0.25) is 0 Å². The Kier molecular flexibility index (Phi) is 4.19. The van der Waals surface area contributed by atoms with Crippen LogP contribution in [-0.2, 0) is 11.1 Å². The van der Waals surface area contributed by atoms with Gasteiger partial charge in [0.15, 0.2) is 11.1 Å². The molecule has 0 saturated carbocycles. The lowest BCUT2D eigenvalue weighted by Crippen LogP contribution is -1.97. The summed E-state index contributed by atoms with van der Waals surface area (Å²) in [4.78, 5) is 0.382. The second-order valence-corrected chi connectivity index (χ2v) is 4.84. The molecule has 1 unspecified atom stereocenters. The van der Waals surface area contributed by atoms with Crippen molar-refractivity contribution in [2.75, 3.05) is 19.5 Å². The Balaban J connectivity index is 2.66. The molecule has 100 valence electrons. The number of hydrogen-bond acceptors (Lipinski definition) is 3. The van der Waals surface area contributed by atoms with E-state index in [0.29, 0.717) is 16.2 Å². The fourth-order valence-corrected chi connectivity index (χ4v) is 2.49. The molecule has 0 heterocycles. The maximum absolute atomic E-state index is 11.4. The topological polar surface area (TPSA) is 58.6 Å². The zero-order valence-corrected chi connectivity index (χ0v) is 11.5.